The first-order valence-corrected chi connectivity index (χ1v) is 7.66. The molecule has 0 atom stereocenters. The van der Waals surface area contributed by atoms with Crippen LogP contribution in [0, 0.1) is 0 Å². The third-order valence-electron chi connectivity index (χ3n) is 3.64. The number of hydrogen-bond acceptors (Lipinski definition) is 3. The predicted molar refractivity (Wildman–Crippen MR) is 96.6 cm³/mol. The molecule has 118 valence electrons. The van der Waals surface area contributed by atoms with E-state index in [4.69, 9.17) is 4.74 Å². The standard InChI is InChI=1S/C21H17NO2/c1-24-21(23)19-15-9-8-14-18(16-10-4-2-5-11-16)20(22-19)17-12-6-3-7-13-17/h2-15H,1H3/b9-8-,14-8?,15-9?,18-14-,19-15-,20-18?,22-19?,22-20-. The van der Waals surface area contributed by atoms with E-state index in [1.54, 1.807) is 12.2 Å². The van der Waals surface area contributed by atoms with Crippen LogP contribution < -0.4 is 0 Å². The number of esters is 1. The van der Waals surface area contributed by atoms with Crippen LogP contribution in [0.25, 0.3) is 5.57 Å². The monoisotopic (exact) mass is 315 g/mol. The van der Waals surface area contributed by atoms with Crippen LogP contribution in [0.15, 0.2) is 95.7 Å². The molecule has 0 aromatic heterocycles. The molecule has 0 aliphatic carbocycles. The molecule has 0 bridgehead atoms. The summed E-state index contributed by atoms with van der Waals surface area (Å²) in [7, 11) is 1.36. The lowest BCUT2D eigenvalue weighted by atomic mass is 9.94. The van der Waals surface area contributed by atoms with Crippen LogP contribution in [0.3, 0.4) is 0 Å². The van der Waals surface area contributed by atoms with Crippen molar-refractivity contribution >= 4 is 17.3 Å². The molecular weight excluding hydrogens is 298 g/mol. The zero-order valence-electron chi connectivity index (χ0n) is 13.3. The molecule has 0 saturated heterocycles. The summed E-state index contributed by atoms with van der Waals surface area (Å²) in [5, 5.41) is 0. The van der Waals surface area contributed by atoms with Crippen molar-refractivity contribution < 1.29 is 9.53 Å². The molecule has 0 unspecified atom stereocenters. The van der Waals surface area contributed by atoms with Gasteiger partial charge in [0.2, 0.25) is 0 Å². The van der Waals surface area contributed by atoms with E-state index in [2.05, 4.69) is 4.99 Å². The van der Waals surface area contributed by atoms with E-state index in [9.17, 15) is 4.79 Å². The van der Waals surface area contributed by atoms with Gasteiger partial charge in [-0.3, -0.25) is 0 Å². The number of ether oxygens (including phenoxy) is 1. The second kappa shape index (κ2) is 7.38. The van der Waals surface area contributed by atoms with Gasteiger partial charge >= 0.3 is 5.97 Å². The minimum Gasteiger partial charge on any atom is -0.464 e. The molecule has 3 nitrogen and oxygen atoms in total. The molecular formula is C21H17NO2. The van der Waals surface area contributed by atoms with Crippen molar-refractivity contribution in [3.63, 3.8) is 0 Å². The normalized spacial score (nSPS) is 21.8. The number of aliphatic imine (C=N–C) groups is 1. The van der Waals surface area contributed by atoms with Gasteiger partial charge in [0.15, 0.2) is 0 Å². The van der Waals surface area contributed by atoms with Gasteiger partial charge in [-0.2, -0.15) is 0 Å². The molecule has 3 rings (SSSR count). The van der Waals surface area contributed by atoms with Crippen molar-refractivity contribution in [3.8, 4) is 0 Å². The van der Waals surface area contributed by atoms with Crippen molar-refractivity contribution in [2.75, 3.05) is 7.11 Å². The van der Waals surface area contributed by atoms with Crippen LogP contribution in [0.5, 0.6) is 0 Å². The summed E-state index contributed by atoms with van der Waals surface area (Å²) >= 11 is 0. The van der Waals surface area contributed by atoms with E-state index < -0.39 is 5.97 Å². The SMILES string of the molecule is COC(=O)C1=C/C=C\C=C(c2ccccc2)/C(c2ccccc2)=N\1. The Labute approximate surface area is 141 Å². The van der Waals surface area contributed by atoms with Gasteiger partial charge in [-0.05, 0) is 11.6 Å². The number of methoxy groups -OCH3 is 1. The maximum atomic E-state index is 12.0. The van der Waals surface area contributed by atoms with Crippen molar-refractivity contribution in [2.24, 2.45) is 4.99 Å². The Morgan fingerprint density at radius 1 is 0.833 bits per heavy atom. The highest BCUT2D eigenvalue weighted by atomic mass is 16.5. The third kappa shape index (κ3) is 3.41. The first-order chi connectivity index (χ1) is 11.8. The Morgan fingerprint density at radius 3 is 2.04 bits per heavy atom. The van der Waals surface area contributed by atoms with Gasteiger partial charge in [-0.15, -0.1) is 0 Å². The summed E-state index contributed by atoms with van der Waals surface area (Å²) in [6.07, 6.45) is 7.36. The summed E-state index contributed by atoms with van der Waals surface area (Å²) in [5.74, 6) is -0.456. The lowest BCUT2D eigenvalue weighted by Crippen LogP contribution is -2.10. The Balaban J connectivity index is 2.18. The van der Waals surface area contributed by atoms with Gasteiger partial charge in [0.25, 0.3) is 0 Å². The van der Waals surface area contributed by atoms with Crippen LogP contribution in [0.4, 0.5) is 0 Å². The van der Waals surface area contributed by atoms with Crippen molar-refractivity contribution in [2.45, 2.75) is 0 Å². The van der Waals surface area contributed by atoms with Gasteiger partial charge in [0, 0.05) is 11.1 Å². The molecule has 0 N–H and O–H groups in total. The highest BCUT2D eigenvalue weighted by molar-refractivity contribution is 6.32. The Morgan fingerprint density at radius 2 is 1.42 bits per heavy atom. The fraction of sp³-hybridized carbons (Fsp3) is 0.0476. The number of benzene rings is 2. The summed E-state index contributed by atoms with van der Waals surface area (Å²) < 4.78 is 4.84. The maximum absolute atomic E-state index is 12.0. The van der Waals surface area contributed by atoms with E-state index in [0.29, 0.717) is 0 Å². The molecule has 0 saturated carbocycles. The molecule has 24 heavy (non-hydrogen) atoms. The van der Waals surface area contributed by atoms with Gasteiger partial charge in [-0.25, -0.2) is 9.79 Å². The topological polar surface area (TPSA) is 38.7 Å². The smallest absolute Gasteiger partial charge is 0.356 e. The minimum atomic E-state index is -0.456. The molecule has 1 aliphatic heterocycles. The van der Waals surface area contributed by atoms with Crippen LogP contribution in [0.1, 0.15) is 11.1 Å². The Hall–Kier alpha value is -3.20. The van der Waals surface area contributed by atoms with E-state index in [0.717, 1.165) is 22.4 Å². The molecule has 0 radical (unpaired) electrons. The first-order valence-electron chi connectivity index (χ1n) is 7.66. The van der Waals surface area contributed by atoms with Crippen LogP contribution in [-0.2, 0) is 9.53 Å². The molecule has 0 amide bonds. The fourth-order valence-corrected chi connectivity index (χ4v) is 2.48. The lowest BCUT2D eigenvalue weighted by molar-refractivity contribution is -0.136. The zero-order chi connectivity index (χ0) is 16.8. The minimum absolute atomic E-state index is 0.272. The van der Waals surface area contributed by atoms with Crippen LogP contribution >= 0.6 is 0 Å². The largest absolute Gasteiger partial charge is 0.464 e. The van der Waals surface area contributed by atoms with Crippen molar-refractivity contribution in [1.82, 2.24) is 0 Å². The Bertz CT molecular complexity index is 844. The molecule has 3 heteroatoms. The van der Waals surface area contributed by atoms with Crippen LogP contribution in [-0.4, -0.2) is 18.8 Å². The molecule has 1 heterocycles. The quantitative estimate of drug-likeness (QED) is 0.797. The van der Waals surface area contributed by atoms with E-state index in [1.807, 2.05) is 72.8 Å². The highest BCUT2D eigenvalue weighted by Crippen LogP contribution is 2.24. The number of carbonyl (C=O) groups excluding carboxylic acids is 1. The van der Waals surface area contributed by atoms with Crippen molar-refractivity contribution in [1.29, 1.82) is 0 Å². The van der Waals surface area contributed by atoms with Crippen LogP contribution in [0.2, 0.25) is 0 Å². The van der Waals surface area contributed by atoms with E-state index in [1.165, 1.54) is 7.11 Å². The number of carbonyl (C=O) groups is 1. The molecule has 0 spiro atoms. The Kier molecular flexibility index (Phi) is 4.82. The average Bonchev–Trinajstić information content (AvgIpc) is 2.63. The third-order valence-corrected chi connectivity index (χ3v) is 3.64. The number of nitrogens with zero attached hydrogens (tertiary/aromatic N) is 1. The summed E-state index contributed by atoms with van der Waals surface area (Å²) in [5.41, 5.74) is 3.94. The lowest BCUT2D eigenvalue weighted by Gasteiger charge is -2.14. The number of hydrogen-bond donors (Lipinski definition) is 0. The average molecular weight is 315 g/mol. The van der Waals surface area contributed by atoms with Gasteiger partial charge in [0.05, 0.1) is 12.8 Å². The predicted octanol–water partition coefficient (Wildman–Crippen LogP) is 4.19. The number of rotatable bonds is 3. The molecule has 2 aromatic carbocycles. The summed E-state index contributed by atoms with van der Waals surface area (Å²) in [6.45, 7) is 0. The van der Waals surface area contributed by atoms with Gasteiger partial charge in [0.1, 0.15) is 5.70 Å². The fourth-order valence-electron chi connectivity index (χ4n) is 2.48. The molecule has 0 fully saturated rings. The molecule has 1 aliphatic rings. The second-order valence-corrected chi connectivity index (χ2v) is 5.20. The molecule has 2 aromatic rings. The zero-order valence-corrected chi connectivity index (χ0v) is 13.3. The second-order valence-electron chi connectivity index (χ2n) is 5.20. The van der Waals surface area contributed by atoms with Gasteiger partial charge < -0.3 is 4.74 Å². The van der Waals surface area contributed by atoms with Gasteiger partial charge in [-0.1, -0.05) is 78.9 Å². The summed E-state index contributed by atoms with van der Waals surface area (Å²) in [4.78, 5) is 16.6. The summed E-state index contributed by atoms with van der Waals surface area (Å²) in [6, 6.07) is 19.8. The first kappa shape index (κ1) is 15.7. The van der Waals surface area contributed by atoms with E-state index >= 15 is 0 Å². The highest BCUT2D eigenvalue weighted by Gasteiger charge is 2.16. The maximum Gasteiger partial charge on any atom is 0.356 e. The van der Waals surface area contributed by atoms with Crippen molar-refractivity contribution in [3.05, 3.63) is 102 Å². The van der Waals surface area contributed by atoms with E-state index in [-0.39, 0.29) is 5.70 Å². The number of allylic oxidation sites excluding steroid dienone is 5.